The lowest BCUT2D eigenvalue weighted by atomic mass is 10.1. The Hall–Kier alpha value is -0.120. The summed E-state index contributed by atoms with van der Waals surface area (Å²) in [5, 5.41) is 3.49. The number of nitrogens with one attached hydrogen (secondary N) is 1. The second-order valence-corrected chi connectivity index (χ2v) is 5.37. The molecule has 1 aliphatic rings. The van der Waals surface area contributed by atoms with Gasteiger partial charge in [0.2, 0.25) is 0 Å². The lowest BCUT2D eigenvalue weighted by Crippen LogP contribution is -2.30. The highest BCUT2D eigenvalue weighted by atomic mass is 16.5. The van der Waals surface area contributed by atoms with Gasteiger partial charge >= 0.3 is 0 Å². The molecule has 0 aromatic carbocycles. The smallest absolute Gasteiger partial charge is 0.0634 e. The molecule has 1 fully saturated rings. The monoisotopic (exact) mass is 228 g/mol. The predicted octanol–water partition coefficient (Wildman–Crippen LogP) is 1.88. The molecule has 0 radical (unpaired) electrons. The predicted molar refractivity (Wildman–Crippen MR) is 68.9 cm³/mol. The zero-order valence-corrected chi connectivity index (χ0v) is 11.2. The molecule has 0 spiro atoms. The number of rotatable bonds is 8. The molecule has 0 unspecified atom stereocenters. The van der Waals surface area contributed by atoms with Crippen molar-refractivity contribution in [3.05, 3.63) is 0 Å². The molecule has 0 amide bonds. The van der Waals surface area contributed by atoms with Crippen molar-refractivity contribution in [2.75, 3.05) is 39.8 Å². The van der Waals surface area contributed by atoms with E-state index in [1.807, 2.05) is 0 Å². The van der Waals surface area contributed by atoms with Crippen LogP contribution in [0.15, 0.2) is 0 Å². The highest BCUT2D eigenvalue weighted by Gasteiger charge is 2.15. The zero-order valence-electron chi connectivity index (χ0n) is 11.2. The van der Waals surface area contributed by atoms with Crippen LogP contribution in [0, 0.1) is 0 Å². The second kappa shape index (κ2) is 7.25. The van der Waals surface area contributed by atoms with Gasteiger partial charge in [-0.3, -0.25) is 0 Å². The van der Waals surface area contributed by atoms with Crippen molar-refractivity contribution in [3.8, 4) is 0 Å². The van der Waals surface area contributed by atoms with Crippen LogP contribution in [-0.4, -0.2) is 50.3 Å². The third-order valence-electron chi connectivity index (χ3n) is 3.48. The number of hydrogen-bond acceptors (Lipinski definition) is 3. The van der Waals surface area contributed by atoms with Gasteiger partial charge in [0.25, 0.3) is 0 Å². The van der Waals surface area contributed by atoms with Crippen molar-refractivity contribution in [2.24, 2.45) is 0 Å². The van der Waals surface area contributed by atoms with E-state index in [-0.39, 0.29) is 5.60 Å². The molecule has 0 atom stereocenters. The Kier molecular flexibility index (Phi) is 6.32. The summed E-state index contributed by atoms with van der Waals surface area (Å²) in [6, 6.07) is 0. The summed E-state index contributed by atoms with van der Waals surface area (Å²) < 4.78 is 5.38. The first-order chi connectivity index (χ1) is 7.64. The average Bonchev–Trinajstić information content (AvgIpc) is 2.76. The quantitative estimate of drug-likeness (QED) is 0.642. The van der Waals surface area contributed by atoms with Crippen LogP contribution in [0.25, 0.3) is 0 Å². The summed E-state index contributed by atoms with van der Waals surface area (Å²) in [6.45, 7) is 10.4. The third-order valence-corrected chi connectivity index (χ3v) is 3.48. The van der Waals surface area contributed by atoms with E-state index in [1.165, 1.54) is 38.9 Å². The van der Waals surface area contributed by atoms with Crippen LogP contribution < -0.4 is 5.32 Å². The molecule has 3 nitrogen and oxygen atoms in total. The average molecular weight is 228 g/mol. The van der Waals surface area contributed by atoms with E-state index >= 15 is 0 Å². The van der Waals surface area contributed by atoms with Gasteiger partial charge in [-0.2, -0.15) is 0 Å². The standard InChI is InChI=1S/C13H28N2O/c1-13(2,16-3)7-9-14-8-6-12-15-10-4-5-11-15/h14H,4-12H2,1-3H3. The maximum absolute atomic E-state index is 5.38. The van der Waals surface area contributed by atoms with Gasteiger partial charge in [-0.05, 0) is 72.3 Å². The number of nitrogens with zero attached hydrogens (tertiary/aromatic N) is 1. The Morgan fingerprint density at radius 1 is 1.19 bits per heavy atom. The molecule has 1 rings (SSSR count). The molecule has 0 aromatic heterocycles. The molecule has 0 aromatic rings. The van der Waals surface area contributed by atoms with E-state index in [0.29, 0.717) is 0 Å². The van der Waals surface area contributed by atoms with Crippen LogP contribution in [0.3, 0.4) is 0 Å². The molecule has 3 heteroatoms. The highest BCUT2D eigenvalue weighted by molar-refractivity contribution is 4.69. The summed E-state index contributed by atoms with van der Waals surface area (Å²) in [6.07, 6.45) is 5.14. The Bertz CT molecular complexity index is 177. The molecule has 1 aliphatic heterocycles. The number of hydrogen-bond donors (Lipinski definition) is 1. The van der Waals surface area contributed by atoms with Gasteiger partial charge in [0.15, 0.2) is 0 Å². The summed E-state index contributed by atoms with van der Waals surface area (Å²) in [4.78, 5) is 2.57. The molecular formula is C13H28N2O. The summed E-state index contributed by atoms with van der Waals surface area (Å²) in [7, 11) is 1.79. The van der Waals surface area contributed by atoms with E-state index < -0.39 is 0 Å². The van der Waals surface area contributed by atoms with Gasteiger partial charge in [-0.1, -0.05) is 0 Å². The molecule has 0 bridgehead atoms. The number of likely N-dealkylation sites (tertiary alicyclic amines) is 1. The molecule has 1 saturated heterocycles. The molecule has 0 saturated carbocycles. The first-order valence-corrected chi connectivity index (χ1v) is 6.62. The Labute approximate surface area is 101 Å². The number of methoxy groups -OCH3 is 1. The lowest BCUT2D eigenvalue weighted by Gasteiger charge is -2.23. The van der Waals surface area contributed by atoms with Crippen LogP contribution in [-0.2, 0) is 4.74 Å². The zero-order chi connectivity index (χ0) is 11.9. The fraction of sp³-hybridized carbons (Fsp3) is 1.00. The van der Waals surface area contributed by atoms with E-state index in [0.717, 1.165) is 19.5 Å². The van der Waals surface area contributed by atoms with Gasteiger partial charge in [0.1, 0.15) is 0 Å². The van der Waals surface area contributed by atoms with Crippen LogP contribution in [0.5, 0.6) is 0 Å². The van der Waals surface area contributed by atoms with Crippen molar-refractivity contribution in [1.82, 2.24) is 10.2 Å². The summed E-state index contributed by atoms with van der Waals surface area (Å²) in [5.41, 5.74) is 0.0158. The van der Waals surface area contributed by atoms with Crippen molar-refractivity contribution < 1.29 is 4.74 Å². The fourth-order valence-electron chi connectivity index (χ4n) is 2.05. The fourth-order valence-corrected chi connectivity index (χ4v) is 2.05. The third kappa shape index (κ3) is 5.83. The van der Waals surface area contributed by atoms with Crippen LogP contribution in [0.2, 0.25) is 0 Å². The SMILES string of the molecule is COC(C)(C)CCNCCCN1CCCC1. The van der Waals surface area contributed by atoms with Gasteiger partial charge in [-0.25, -0.2) is 0 Å². The Balaban J connectivity index is 1.88. The maximum atomic E-state index is 5.38. The minimum absolute atomic E-state index is 0.0158. The molecule has 0 aliphatic carbocycles. The molecule has 16 heavy (non-hydrogen) atoms. The van der Waals surface area contributed by atoms with E-state index in [4.69, 9.17) is 4.74 Å². The summed E-state index contributed by atoms with van der Waals surface area (Å²) >= 11 is 0. The summed E-state index contributed by atoms with van der Waals surface area (Å²) in [5.74, 6) is 0. The van der Waals surface area contributed by atoms with Crippen molar-refractivity contribution in [3.63, 3.8) is 0 Å². The second-order valence-electron chi connectivity index (χ2n) is 5.37. The first-order valence-electron chi connectivity index (χ1n) is 6.62. The topological polar surface area (TPSA) is 24.5 Å². The Morgan fingerprint density at radius 2 is 1.88 bits per heavy atom. The molecular weight excluding hydrogens is 200 g/mol. The van der Waals surface area contributed by atoms with Crippen LogP contribution in [0.4, 0.5) is 0 Å². The maximum Gasteiger partial charge on any atom is 0.0634 e. The molecule has 96 valence electrons. The van der Waals surface area contributed by atoms with Crippen LogP contribution in [0.1, 0.15) is 39.5 Å². The van der Waals surface area contributed by atoms with E-state index in [9.17, 15) is 0 Å². The molecule has 1 heterocycles. The van der Waals surface area contributed by atoms with Gasteiger partial charge in [0, 0.05) is 7.11 Å². The van der Waals surface area contributed by atoms with E-state index in [2.05, 4.69) is 24.1 Å². The minimum atomic E-state index is 0.0158. The van der Waals surface area contributed by atoms with Crippen LogP contribution >= 0.6 is 0 Å². The normalized spacial score (nSPS) is 18.2. The van der Waals surface area contributed by atoms with Gasteiger partial charge in [0.05, 0.1) is 5.60 Å². The van der Waals surface area contributed by atoms with Crippen molar-refractivity contribution in [2.45, 2.75) is 45.1 Å². The Morgan fingerprint density at radius 3 is 2.50 bits per heavy atom. The highest BCUT2D eigenvalue weighted by Crippen LogP contribution is 2.11. The van der Waals surface area contributed by atoms with Crippen molar-refractivity contribution >= 4 is 0 Å². The minimum Gasteiger partial charge on any atom is -0.379 e. The van der Waals surface area contributed by atoms with Gasteiger partial charge in [-0.15, -0.1) is 0 Å². The van der Waals surface area contributed by atoms with Gasteiger partial charge < -0.3 is 15.0 Å². The number of ether oxygens (including phenoxy) is 1. The largest absolute Gasteiger partial charge is 0.379 e. The van der Waals surface area contributed by atoms with E-state index in [1.54, 1.807) is 7.11 Å². The molecule has 1 N–H and O–H groups in total. The lowest BCUT2D eigenvalue weighted by molar-refractivity contribution is 0.0159. The van der Waals surface area contributed by atoms with Crippen molar-refractivity contribution in [1.29, 1.82) is 0 Å². The first kappa shape index (κ1) is 13.9.